The van der Waals surface area contributed by atoms with Crippen molar-refractivity contribution in [3.63, 3.8) is 0 Å². The Bertz CT molecular complexity index is 1010. The largest absolute Gasteiger partial charge is 0.391 e. The molecule has 5 nitrogen and oxygen atoms in total. The second-order valence-corrected chi connectivity index (χ2v) is 7.54. The van der Waals surface area contributed by atoms with Crippen LogP contribution in [0.1, 0.15) is 30.9 Å². The second kappa shape index (κ2) is 8.07. The number of H-pyrrole nitrogens is 1. The van der Waals surface area contributed by atoms with Crippen LogP contribution in [0.4, 0.5) is 11.4 Å². The van der Waals surface area contributed by atoms with Crippen molar-refractivity contribution < 1.29 is 5.11 Å². The third kappa shape index (κ3) is 4.04. The highest BCUT2D eigenvalue weighted by atomic mass is 16.3. The SMILES string of the molecule is CCc1ccc2cc(CNc3ccc(N4CCCC(O)C4)cc3)c(=O)[nH]c2c1. The quantitative estimate of drug-likeness (QED) is 0.635. The van der Waals surface area contributed by atoms with Gasteiger partial charge in [-0.15, -0.1) is 0 Å². The molecule has 5 heteroatoms. The number of anilines is 2. The third-order valence-corrected chi connectivity index (χ3v) is 5.51. The monoisotopic (exact) mass is 377 g/mol. The average Bonchev–Trinajstić information content (AvgIpc) is 2.72. The third-order valence-electron chi connectivity index (χ3n) is 5.51. The Hall–Kier alpha value is -2.79. The summed E-state index contributed by atoms with van der Waals surface area (Å²) in [6.45, 7) is 4.26. The van der Waals surface area contributed by atoms with Gasteiger partial charge in [-0.25, -0.2) is 0 Å². The van der Waals surface area contributed by atoms with Gasteiger partial charge in [0.1, 0.15) is 0 Å². The summed E-state index contributed by atoms with van der Waals surface area (Å²) in [5, 5.41) is 14.2. The Morgan fingerprint density at radius 1 is 1.18 bits per heavy atom. The topological polar surface area (TPSA) is 68.4 Å². The van der Waals surface area contributed by atoms with Crippen molar-refractivity contribution in [1.82, 2.24) is 4.98 Å². The predicted octanol–water partition coefficient (Wildman–Crippen LogP) is 3.66. The fraction of sp³-hybridized carbons (Fsp3) is 0.348. The van der Waals surface area contributed by atoms with Crippen molar-refractivity contribution in [1.29, 1.82) is 0 Å². The number of hydrogen-bond donors (Lipinski definition) is 3. The first-order valence-corrected chi connectivity index (χ1v) is 10.0. The van der Waals surface area contributed by atoms with Gasteiger partial charge < -0.3 is 20.3 Å². The Labute approximate surface area is 165 Å². The molecular weight excluding hydrogens is 350 g/mol. The molecule has 1 fully saturated rings. The van der Waals surface area contributed by atoms with Gasteiger partial charge in [-0.05, 0) is 66.6 Å². The molecule has 1 saturated heterocycles. The van der Waals surface area contributed by atoms with Crippen molar-refractivity contribution in [2.24, 2.45) is 0 Å². The van der Waals surface area contributed by atoms with Gasteiger partial charge in [0.25, 0.3) is 5.56 Å². The van der Waals surface area contributed by atoms with Crippen LogP contribution in [0.2, 0.25) is 0 Å². The van der Waals surface area contributed by atoms with Crippen LogP contribution in [0.3, 0.4) is 0 Å². The number of benzene rings is 2. The molecule has 0 bridgehead atoms. The number of aliphatic hydroxyl groups is 1. The molecule has 2 aromatic carbocycles. The number of aryl methyl sites for hydroxylation is 1. The number of pyridine rings is 1. The lowest BCUT2D eigenvalue weighted by Crippen LogP contribution is -2.38. The number of nitrogens with one attached hydrogen (secondary N) is 2. The van der Waals surface area contributed by atoms with E-state index in [1.54, 1.807) is 0 Å². The van der Waals surface area contributed by atoms with Crippen LogP contribution in [-0.4, -0.2) is 29.3 Å². The van der Waals surface area contributed by atoms with Gasteiger partial charge in [0.05, 0.1) is 6.10 Å². The molecule has 0 radical (unpaired) electrons. The molecule has 0 aliphatic carbocycles. The van der Waals surface area contributed by atoms with Crippen LogP contribution in [0.15, 0.2) is 53.3 Å². The summed E-state index contributed by atoms with van der Waals surface area (Å²) in [7, 11) is 0. The smallest absolute Gasteiger partial charge is 0.253 e. The maximum absolute atomic E-state index is 12.4. The zero-order chi connectivity index (χ0) is 19.5. The molecule has 1 aliphatic rings. The van der Waals surface area contributed by atoms with E-state index in [9.17, 15) is 9.90 Å². The van der Waals surface area contributed by atoms with E-state index < -0.39 is 0 Å². The van der Waals surface area contributed by atoms with E-state index in [0.29, 0.717) is 13.1 Å². The maximum Gasteiger partial charge on any atom is 0.253 e. The number of hydrogen-bond acceptors (Lipinski definition) is 4. The highest BCUT2D eigenvalue weighted by Crippen LogP contribution is 2.22. The molecule has 4 rings (SSSR count). The van der Waals surface area contributed by atoms with E-state index in [4.69, 9.17) is 0 Å². The van der Waals surface area contributed by atoms with Gasteiger partial charge in [0.2, 0.25) is 0 Å². The summed E-state index contributed by atoms with van der Waals surface area (Å²) in [6, 6.07) is 16.4. The Kier molecular flexibility index (Phi) is 5.35. The fourth-order valence-corrected chi connectivity index (χ4v) is 3.82. The first-order valence-electron chi connectivity index (χ1n) is 10.0. The lowest BCUT2D eigenvalue weighted by Gasteiger charge is -2.32. The minimum Gasteiger partial charge on any atom is -0.391 e. The Morgan fingerprint density at radius 2 is 2.00 bits per heavy atom. The molecule has 0 amide bonds. The van der Waals surface area contributed by atoms with Crippen LogP contribution < -0.4 is 15.8 Å². The summed E-state index contributed by atoms with van der Waals surface area (Å²) >= 11 is 0. The van der Waals surface area contributed by atoms with Gasteiger partial charge in [0.15, 0.2) is 0 Å². The highest BCUT2D eigenvalue weighted by molar-refractivity contribution is 5.79. The highest BCUT2D eigenvalue weighted by Gasteiger charge is 2.17. The van der Waals surface area contributed by atoms with E-state index >= 15 is 0 Å². The van der Waals surface area contributed by atoms with E-state index in [1.165, 1.54) is 5.56 Å². The molecule has 1 aliphatic heterocycles. The summed E-state index contributed by atoms with van der Waals surface area (Å²) < 4.78 is 0. The minimum atomic E-state index is -0.236. The number of β-amino-alcohol motifs (C(OH)–C–C–N with tert-alkyl or cyclic N) is 1. The normalized spacial score (nSPS) is 17.1. The number of aromatic nitrogens is 1. The molecule has 1 unspecified atom stereocenters. The lowest BCUT2D eigenvalue weighted by atomic mass is 10.1. The molecule has 1 atom stereocenters. The molecule has 3 aromatic rings. The molecule has 3 N–H and O–H groups in total. The van der Waals surface area contributed by atoms with E-state index in [1.807, 2.05) is 24.3 Å². The summed E-state index contributed by atoms with van der Waals surface area (Å²) in [4.78, 5) is 17.6. The van der Waals surface area contributed by atoms with Crippen molar-refractivity contribution in [3.8, 4) is 0 Å². The van der Waals surface area contributed by atoms with Crippen LogP contribution >= 0.6 is 0 Å². The Balaban J connectivity index is 1.45. The zero-order valence-corrected chi connectivity index (χ0v) is 16.2. The number of fused-ring (bicyclic) bond motifs is 1. The number of aliphatic hydroxyl groups excluding tert-OH is 1. The van der Waals surface area contributed by atoms with Gasteiger partial charge >= 0.3 is 0 Å². The summed E-state index contributed by atoms with van der Waals surface area (Å²) in [5.74, 6) is 0. The minimum absolute atomic E-state index is 0.0489. The molecule has 1 aromatic heterocycles. The molecular formula is C23H27N3O2. The van der Waals surface area contributed by atoms with E-state index in [-0.39, 0.29) is 11.7 Å². The molecule has 146 valence electrons. The standard InChI is InChI=1S/C23H27N3O2/c1-2-16-5-6-17-13-18(23(28)25-22(17)12-16)14-24-19-7-9-20(10-8-19)26-11-3-4-21(27)15-26/h5-10,12-13,21,24,27H,2-4,11,14-15H2,1H3,(H,25,28). The van der Waals surface area contributed by atoms with Crippen molar-refractivity contribution in [3.05, 3.63) is 70.0 Å². The molecule has 0 spiro atoms. The fourth-order valence-electron chi connectivity index (χ4n) is 3.82. The average molecular weight is 377 g/mol. The van der Waals surface area contributed by atoms with Crippen molar-refractivity contribution in [2.75, 3.05) is 23.3 Å². The van der Waals surface area contributed by atoms with Crippen molar-refractivity contribution >= 4 is 22.3 Å². The molecule has 28 heavy (non-hydrogen) atoms. The number of rotatable bonds is 5. The zero-order valence-electron chi connectivity index (χ0n) is 16.2. The number of nitrogens with zero attached hydrogens (tertiary/aromatic N) is 1. The van der Waals surface area contributed by atoms with E-state index in [2.05, 4.69) is 46.4 Å². The van der Waals surface area contributed by atoms with Crippen molar-refractivity contribution in [2.45, 2.75) is 38.8 Å². The number of piperidine rings is 1. The Morgan fingerprint density at radius 3 is 2.75 bits per heavy atom. The molecule has 2 heterocycles. The van der Waals surface area contributed by atoms with Crippen LogP contribution in [0.5, 0.6) is 0 Å². The predicted molar refractivity (Wildman–Crippen MR) is 115 cm³/mol. The van der Waals surface area contributed by atoms with Gasteiger partial charge in [-0.3, -0.25) is 4.79 Å². The lowest BCUT2D eigenvalue weighted by molar-refractivity contribution is 0.154. The molecule has 0 saturated carbocycles. The second-order valence-electron chi connectivity index (χ2n) is 7.54. The van der Waals surface area contributed by atoms with Crippen LogP contribution in [0, 0.1) is 0 Å². The van der Waals surface area contributed by atoms with Gasteiger partial charge in [0, 0.05) is 42.1 Å². The summed E-state index contributed by atoms with van der Waals surface area (Å²) in [5.41, 5.74) is 4.88. The first kappa shape index (κ1) is 18.6. The van der Waals surface area contributed by atoms with E-state index in [0.717, 1.165) is 53.6 Å². The van der Waals surface area contributed by atoms with Gasteiger partial charge in [-0.1, -0.05) is 19.1 Å². The summed E-state index contributed by atoms with van der Waals surface area (Å²) in [6.07, 6.45) is 2.62. The number of aromatic amines is 1. The maximum atomic E-state index is 12.4. The van der Waals surface area contributed by atoms with Crippen LogP contribution in [-0.2, 0) is 13.0 Å². The first-order chi connectivity index (χ1) is 13.6. The van der Waals surface area contributed by atoms with Gasteiger partial charge in [-0.2, -0.15) is 0 Å². The van der Waals surface area contributed by atoms with Crippen LogP contribution in [0.25, 0.3) is 10.9 Å².